The van der Waals surface area contributed by atoms with E-state index in [-0.39, 0.29) is 11.3 Å². The topological polar surface area (TPSA) is 85.3 Å². The second kappa shape index (κ2) is 5.66. The van der Waals surface area contributed by atoms with E-state index in [2.05, 4.69) is 15.2 Å². The Morgan fingerprint density at radius 3 is 2.85 bits per heavy atom. The van der Waals surface area contributed by atoms with Gasteiger partial charge in [0.15, 0.2) is 5.89 Å². The van der Waals surface area contributed by atoms with Gasteiger partial charge in [-0.25, -0.2) is 4.98 Å². The number of oxazole rings is 1. The third-order valence-electron chi connectivity index (χ3n) is 6.29. The number of carbonyl (C=O) groups is 1. The predicted octanol–water partition coefficient (Wildman–Crippen LogP) is 3.00. The van der Waals surface area contributed by atoms with Crippen LogP contribution in [0.4, 0.5) is 0 Å². The van der Waals surface area contributed by atoms with E-state index in [9.17, 15) is 4.79 Å². The highest BCUT2D eigenvalue weighted by Gasteiger charge is 2.55. The van der Waals surface area contributed by atoms with Crippen LogP contribution >= 0.6 is 0 Å². The fourth-order valence-corrected chi connectivity index (χ4v) is 4.66. The van der Waals surface area contributed by atoms with Crippen LogP contribution < -0.4 is 0 Å². The largest absolute Gasteiger partial charge is 0.435 e. The molecule has 26 heavy (non-hydrogen) atoms. The van der Waals surface area contributed by atoms with Gasteiger partial charge >= 0.3 is 0 Å². The minimum atomic E-state index is -0.191. The average molecular weight is 356 g/mol. The maximum absolute atomic E-state index is 13.1. The minimum absolute atomic E-state index is 0.0501. The monoisotopic (exact) mass is 356 g/mol. The highest BCUT2D eigenvalue weighted by Crippen LogP contribution is 2.50. The fraction of sp³-hybridized carbons (Fsp3) is 0.684. The Morgan fingerprint density at radius 1 is 1.27 bits per heavy atom. The summed E-state index contributed by atoms with van der Waals surface area (Å²) in [5.41, 5.74) is 0.512. The molecule has 3 aliphatic rings. The number of fused-ring (bicyclic) bond motifs is 1. The molecule has 1 saturated heterocycles. The number of hydrogen-bond donors (Lipinski definition) is 0. The number of nitrogens with zero attached hydrogens (tertiary/aromatic N) is 4. The van der Waals surface area contributed by atoms with E-state index in [1.165, 1.54) is 0 Å². The summed E-state index contributed by atoms with van der Waals surface area (Å²) in [6.45, 7) is 5.22. The van der Waals surface area contributed by atoms with Crippen LogP contribution in [0.25, 0.3) is 0 Å². The van der Waals surface area contributed by atoms with Crippen LogP contribution in [0.3, 0.4) is 0 Å². The highest BCUT2D eigenvalue weighted by atomic mass is 16.4. The number of rotatable bonds is 4. The molecule has 0 bridgehead atoms. The molecule has 0 spiro atoms. The van der Waals surface area contributed by atoms with Crippen molar-refractivity contribution >= 4 is 5.91 Å². The zero-order valence-corrected chi connectivity index (χ0v) is 15.3. The summed E-state index contributed by atoms with van der Waals surface area (Å²) in [6, 6.07) is 0. The third kappa shape index (κ3) is 2.32. The van der Waals surface area contributed by atoms with Gasteiger partial charge in [0.25, 0.3) is 5.91 Å². The van der Waals surface area contributed by atoms with Gasteiger partial charge in [-0.2, -0.15) is 0 Å². The molecule has 3 heterocycles. The lowest BCUT2D eigenvalue weighted by molar-refractivity contribution is 0.0741. The Kier molecular flexibility index (Phi) is 3.49. The summed E-state index contributed by atoms with van der Waals surface area (Å²) in [4.78, 5) is 19.5. The van der Waals surface area contributed by atoms with Gasteiger partial charge in [0.1, 0.15) is 0 Å². The Hall–Kier alpha value is -2.18. The van der Waals surface area contributed by atoms with E-state index in [1.54, 1.807) is 0 Å². The standard InChI is InChI=1S/C19H24N4O3/c1-3-14-21-22-18(25-14)19-8-4-5-13(19)9-23(10-19)17(24)15-11(2)20-16(26-15)12-6-7-12/h12-13H,3-10H2,1-2H3/t13-,19-/m0/s1. The Bertz CT molecular complexity index is 853. The van der Waals surface area contributed by atoms with Crippen molar-refractivity contribution in [1.82, 2.24) is 20.1 Å². The zero-order valence-electron chi connectivity index (χ0n) is 15.3. The molecule has 0 unspecified atom stereocenters. The van der Waals surface area contributed by atoms with Crippen molar-refractivity contribution in [3.8, 4) is 0 Å². The van der Waals surface area contributed by atoms with E-state index in [1.807, 2.05) is 18.7 Å². The first-order chi connectivity index (χ1) is 12.6. The van der Waals surface area contributed by atoms with Crippen LogP contribution in [0.2, 0.25) is 0 Å². The first kappa shape index (κ1) is 16.0. The van der Waals surface area contributed by atoms with Gasteiger partial charge in [-0.1, -0.05) is 13.3 Å². The Balaban J connectivity index is 1.42. The van der Waals surface area contributed by atoms with Crippen LogP contribution in [0, 0.1) is 12.8 Å². The molecule has 1 aliphatic heterocycles. The lowest BCUT2D eigenvalue weighted by Crippen LogP contribution is -2.35. The third-order valence-corrected chi connectivity index (χ3v) is 6.29. The van der Waals surface area contributed by atoms with Gasteiger partial charge in [-0.15, -0.1) is 10.2 Å². The van der Waals surface area contributed by atoms with Crippen molar-refractivity contribution in [3.05, 3.63) is 29.1 Å². The quantitative estimate of drug-likeness (QED) is 0.837. The molecule has 0 aromatic carbocycles. The van der Waals surface area contributed by atoms with Crippen LogP contribution in [0.1, 0.15) is 78.9 Å². The maximum Gasteiger partial charge on any atom is 0.291 e. The molecule has 3 fully saturated rings. The van der Waals surface area contributed by atoms with Gasteiger partial charge in [0.2, 0.25) is 17.5 Å². The number of amides is 1. The molecule has 0 N–H and O–H groups in total. The van der Waals surface area contributed by atoms with Crippen molar-refractivity contribution in [3.63, 3.8) is 0 Å². The lowest BCUT2D eigenvalue weighted by atomic mass is 9.80. The van der Waals surface area contributed by atoms with E-state index in [4.69, 9.17) is 8.83 Å². The second-order valence-corrected chi connectivity index (χ2v) is 8.03. The molecule has 2 aromatic heterocycles. The molecular weight excluding hydrogens is 332 g/mol. The number of likely N-dealkylation sites (tertiary alicyclic amines) is 1. The Labute approximate surface area is 152 Å². The summed E-state index contributed by atoms with van der Waals surface area (Å²) >= 11 is 0. The number of carbonyl (C=O) groups excluding carboxylic acids is 1. The van der Waals surface area contributed by atoms with E-state index in [0.717, 1.165) is 51.0 Å². The van der Waals surface area contributed by atoms with Crippen molar-refractivity contribution in [2.24, 2.45) is 5.92 Å². The van der Waals surface area contributed by atoms with Crippen LogP contribution in [0.5, 0.6) is 0 Å². The van der Waals surface area contributed by atoms with Crippen molar-refractivity contribution in [2.45, 2.75) is 63.7 Å². The Morgan fingerprint density at radius 2 is 2.12 bits per heavy atom. The molecule has 5 rings (SSSR count). The molecule has 2 aliphatic carbocycles. The molecule has 1 amide bonds. The molecule has 7 nitrogen and oxygen atoms in total. The summed E-state index contributed by atoms with van der Waals surface area (Å²) in [5, 5.41) is 8.49. The number of aryl methyl sites for hydroxylation is 2. The van der Waals surface area contributed by atoms with Crippen LogP contribution in [-0.4, -0.2) is 39.1 Å². The normalized spacial score (nSPS) is 27.9. The maximum atomic E-state index is 13.1. The van der Waals surface area contributed by atoms with E-state index >= 15 is 0 Å². The first-order valence-electron chi connectivity index (χ1n) is 9.70. The van der Waals surface area contributed by atoms with E-state index < -0.39 is 0 Å². The second-order valence-electron chi connectivity index (χ2n) is 8.03. The highest BCUT2D eigenvalue weighted by molar-refractivity contribution is 5.92. The molecule has 2 saturated carbocycles. The molecular formula is C19H24N4O3. The molecule has 138 valence electrons. The fourth-order valence-electron chi connectivity index (χ4n) is 4.66. The molecule has 2 atom stereocenters. The van der Waals surface area contributed by atoms with Crippen LogP contribution in [0.15, 0.2) is 8.83 Å². The summed E-state index contributed by atoms with van der Waals surface area (Å²) < 4.78 is 11.8. The van der Waals surface area contributed by atoms with Crippen molar-refractivity contribution in [1.29, 1.82) is 0 Å². The smallest absolute Gasteiger partial charge is 0.291 e. The molecule has 0 radical (unpaired) electrons. The van der Waals surface area contributed by atoms with Gasteiger partial charge in [0.05, 0.1) is 11.1 Å². The number of hydrogen-bond acceptors (Lipinski definition) is 6. The van der Waals surface area contributed by atoms with E-state index in [0.29, 0.717) is 41.6 Å². The van der Waals surface area contributed by atoms with Gasteiger partial charge < -0.3 is 13.7 Å². The number of aromatic nitrogens is 3. The van der Waals surface area contributed by atoms with Gasteiger partial charge in [-0.3, -0.25) is 4.79 Å². The van der Waals surface area contributed by atoms with Crippen molar-refractivity contribution < 1.29 is 13.6 Å². The molecule has 2 aromatic rings. The summed E-state index contributed by atoms with van der Waals surface area (Å²) in [6.07, 6.45) is 6.19. The SMILES string of the molecule is CCc1nnc([C@]23CCC[C@H]2CN(C(=O)c2oc(C4CC4)nc2C)C3)o1. The zero-order chi connectivity index (χ0) is 17.9. The predicted molar refractivity (Wildman–Crippen MR) is 91.8 cm³/mol. The molecule has 7 heteroatoms. The lowest BCUT2D eigenvalue weighted by Gasteiger charge is -2.24. The average Bonchev–Trinajstić information content (AvgIpc) is 3.00. The summed E-state index contributed by atoms with van der Waals surface area (Å²) in [5.74, 6) is 3.25. The van der Waals surface area contributed by atoms with Crippen LogP contribution in [-0.2, 0) is 11.8 Å². The van der Waals surface area contributed by atoms with Gasteiger partial charge in [0, 0.05) is 25.4 Å². The summed E-state index contributed by atoms with van der Waals surface area (Å²) in [7, 11) is 0. The first-order valence-corrected chi connectivity index (χ1v) is 9.70. The van der Waals surface area contributed by atoms with Crippen molar-refractivity contribution in [2.75, 3.05) is 13.1 Å². The minimum Gasteiger partial charge on any atom is -0.435 e. The van der Waals surface area contributed by atoms with Gasteiger partial charge in [-0.05, 0) is 38.5 Å².